The van der Waals surface area contributed by atoms with Gasteiger partial charge in [0.05, 0.1) is 16.9 Å². The molecule has 0 bridgehead atoms. The first-order valence-electron chi connectivity index (χ1n) is 11.8. The molecule has 1 heterocycles. The van der Waals surface area contributed by atoms with Crippen LogP contribution in [0.5, 0.6) is 5.75 Å². The Hall–Kier alpha value is -4.46. The molecule has 8 nitrogen and oxygen atoms in total. The van der Waals surface area contributed by atoms with Gasteiger partial charge in [-0.25, -0.2) is 9.48 Å². The Kier molecular flexibility index (Phi) is 5.80. The first-order valence-corrected chi connectivity index (χ1v) is 11.8. The molecule has 36 heavy (non-hydrogen) atoms. The quantitative estimate of drug-likeness (QED) is 0.299. The van der Waals surface area contributed by atoms with Crippen molar-refractivity contribution < 1.29 is 15.0 Å². The minimum absolute atomic E-state index is 0.0369. The van der Waals surface area contributed by atoms with Crippen LogP contribution in [0.1, 0.15) is 44.7 Å². The van der Waals surface area contributed by atoms with Crippen molar-refractivity contribution in [1.82, 2.24) is 9.78 Å². The van der Waals surface area contributed by atoms with Gasteiger partial charge in [0.1, 0.15) is 5.69 Å². The SMILES string of the molecule is Cc1ccc(-n2[nH]c(C)c(N=Nc3c(O)c(-c4ccc(C(=O)O)cc4)cc4c3CCC4)c2=O)cc1C. The van der Waals surface area contributed by atoms with E-state index in [0.717, 1.165) is 41.5 Å². The first-order chi connectivity index (χ1) is 17.2. The molecule has 0 unspecified atom stereocenters. The van der Waals surface area contributed by atoms with E-state index in [9.17, 15) is 19.8 Å². The van der Waals surface area contributed by atoms with E-state index in [2.05, 4.69) is 15.3 Å². The summed E-state index contributed by atoms with van der Waals surface area (Å²) in [5, 5.41) is 32.1. The summed E-state index contributed by atoms with van der Waals surface area (Å²) in [6, 6.07) is 14.0. The first kappa shape index (κ1) is 23.3. The minimum atomic E-state index is -1.01. The molecule has 1 aromatic heterocycles. The van der Waals surface area contributed by atoms with Gasteiger partial charge in [-0.05, 0) is 98.2 Å². The van der Waals surface area contributed by atoms with Gasteiger partial charge in [0.2, 0.25) is 0 Å². The summed E-state index contributed by atoms with van der Waals surface area (Å²) >= 11 is 0. The van der Waals surface area contributed by atoms with Gasteiger partial charge in [-0.3, -0.25) is 9.89 Å². The third-order valence-corrected chi connectivity index (χ3v) is 6.83. The van der Waals surface area contributed by atoms with E-state index in [1.165, 1.54) is 16.8 Å². The molecule has 0 atom stereocenters. The number of nitrogens with one attached hydrogen (secondary N) is 1. The number of benzene rings is 3. The standard InChI is InChI=1S/C28H26N4O4/c1-15-7-12-21(13-16(15)2)32-27(34)24(17(3)31-32)29-30-25-22-6-4-5-20(22)14-23(26(25)33)18-8-10-19(11-9-18)28(35)36/h7-14,31,33H,4-6H2,1-3H3,(H,35,36). The fourth-order valence-electron chi connectivity index (χ4n) is 4.63. The maximum atomic E-state index is 13.2. The molecule has 0 fully saturated rings. The summed E-state index contributed by atoms with van der Waals surface area (Å²) in [6.07, 6.45) is 2.54. The topological polar surface area (TPSA) is 120 Å². The molecule has 0 saturated heterocycles. The second-order valence-electron chi connectivity index (χ2n) is 9.19. The van der Waals surface area contributed by atoms with Crippen molar-refractivity contribution in [2.75, 3.05) is 0 Å². The highest BCUT2D eigenvalue weighted by molar-refractivity contribution is 5.89. The molecule has 0 amide bonds. The zero-order valence-corrected chi connectivity index (χ0v) is 20.3. The molecule has 4 aromatic rings. The Balaban J connectivity index is 1.57. The van der Waals surface area contributed by atoms with E-state index in [1.807, 2.05) is 38.1 Å². The number of hydrogen-bond donors (Lipinski definition) is 3. The third-order valence-electron chi connectivity index (χ3n) is 6.83. The van der Waals surface area contributed by atoms with Gasteiger partial charge in [-0.2, -0.15) is 0 Å². The second kappa shape index (κ2) is 8.96. The normalized spacial score (nSPS) is 12.9. The largest absolute Gasteiger partial charge is 0.505 e. The smallest absolute Gasteiger partial charge is 0.335 e. The molecule has 3 N–H and O–H groups in total. The molecule has 5 rings (SSSR count). The van der Waals surface area contributed by atoms with Crippen molar-refractivity contribution in [2.24, 2.45) is 10.2 Å². The Morgan fingerprint density at radius 1 is 0.944 bits per heavy atom. The number of aromatic nitrogens is 2. The van der Waals surface area contributed by atoms with Gasteiger partial charge >= 0.3 is 5.97 Å². The highest BCUT2D eigenvalue weighted by Crippen LogP contribution is 2.45. The summed E-state index contributed by atoms with van der Waals surface area (Å²) < 4.78 is 1.45. The molecule has 3 aromatic carbocycles. The van der Waals surface area contributed by atoms with Crippen LogP contribution in [0.3, 0.4) is 0 Å². The number of azo groups is 1. The third kappa shape index (κ3) is 4.00. The number of aromatic hydroxyl groups is 1. The average molecular weight is 483 g/mol. The number of phenolic OH excluding ortho intramolecular Hbond substituents is 1. The molecular formula is C28H26N4O4. The summed E-state index contributed by atoms with van der Waals surface area (Å²) in [7, 11) is 0. The summed E-state index contributed by atoms with van der Waals surface area (Å²) in [5.41, 5.74) is 7.08. The lowest BCUT2D eigenvalue weighted by molar-refractivity contribution is 0.0697. The number of aryl methyl sites for hydroxylation is 4. The lowest BCUT2D eigenvalue weighted by atomic mass is 9.97. The van der Waals surface area contributed by atoms with Gasteiger partial charge in [-0.1, -0.05) is 18.2 Å². The number of H-pyrrole nitrogens is 1. The number of carboxylic acid groups (broad SMARTS) is 1. The van der Waals surface area contributed by atoms with Crippen molar-refractivity contribution in [3.8, 4) is 22.6 Å². The second-order valence-corrected chi connectivity index (χ2v) is 9.19. The van der Waals surface area contributed by atoms with Crippen LogP contribution in [0.25, 0.3) is 16.8 Å². The van der Waals surface area contributed by atoms with Crippen LogP contribution < -0.4 is 5.56 Å². The number of nitrogens with zero attached hydrogens (tertiary/aromatic N) is 3. The summed E-state index contributed by atoms with van der Waals surface area (Å²) in [4.78, 5) is 24.4. The zero-order valence-electron chi connectivity index (χ0n) is 20.3. The van der Waals surface area contributed by atoms with Crippen molar-refractivity contribution in [3.63, 3.8) is 0 Å². The van der Waals surface area contributed by atoms with Crippen LogP contribution >= 0.6 is 0 Å². The number of carbonyl (C=O) groups is 1. The lowest BCUT2D eigenvalue weighted by Crippen LogP contribution is -2.14. The van der Waals surface area contributed by atoms with Crippen LogP contribution in [-0.4, -0.2) is 26.0 Å². The number of aromatic carboxylic acids is 1. The van der Waals surface area contributed by atoms with Crippen LogP contribution in [0.4, 0.5) is 11.4 Å². The van der Waals surface area contributed by atoms with E-state index < -0.39 is 5.97 Å². The van der Waals surface area contributed by atoms with E-state index in [-0.39, 0.29) is 22.6 Å². The number of phenols is 1. The molecule has 1 aliphatic rings. The van der Waals surface area contributed by atoms with Crippen LogP contribution in [-0.2, 0) is 12.8 Å². The number of hydrogen-bond acceptors (Lipinski definition) is 5. The minimum Gasteiger partial charge on any atom is -0.505 e. The zero-order chi connectivity index (χ0) is 25.6. The molecule has 0 spiro atoms. The maximum absolute atomic E-state index is 13.2. The van der Waals surface area contributed by atoms with Gasteiger partial charge in [0.25, 0.3) is 5.56 Å². The van der Waals surface area contributed by atoms with Crippen molar-refractivity contribution in [1.29, 1.82) is 0 Å². The van der Waals surface area contributed by atoms with Gasteiger partial charge in [0.15, 0.2) is 11.4 Å². The Morgan fingerprint density at radius 3 is 2.36 bits per heavy atom. The lowest BCUT2D eigenvalue weighted by Gasteiger charge is -2.12. The fourth-order valence-corrected chi connectivity index (χ4v) is 4.63. The predicted octanol–water partition coefficient (Wildman–Crippen LogP) is 6.07. The van der Waals surface area contributed by atoms with Crippen molar-refractivity contribution >= 4 is 17.3 Å². The Labute approximate surface area is 207 Å². The van der Waals surface area contributed by atoms with E-state index in [1.54, 1.807) is 19.1 Å². The Morgan fingerprint density at radius 2 is 1.67 bits per heavy atom. The Bertz CT molecular complexity index is 1590. The van der Waals surface area contributed by atoms with Crippen LogP contribution in [0, 0.1) is 20.8 Å². The fraction of sp³-hybridized carbons (Fsp3) is 0.214. The van der Waals surface area contributed by atoms with Crippen LogP contribution in [0.15, 0.2) is 63.6 Å². The monoisotopic (exact) mass is 482 g/mol. The molecule has 182 valence electrons. The number of rotatable bonds is 5. The number of aromatic amines is 1. The van der Waals surface area contributed by atoms with E-state index in [0.29, 0.717) is 28.2 Å². The highest BCUT2D eigenvalue weighted by atomic mass is 16.4. The van der Waals surface area contributed by atoms with Gasteiger partial charge in [0, 0.05) is 5.56 Å². The average Bonchev–Trinajstić information content (AvgIpc) is 3.44. The number of carboxylic acids is 1. The molecule has 0 aliphatic heterocycles. The van der Waals surface area contributed by atoms with Crippen molar-refractivity contribution in [2.45, 2.75) is 40.0 Å². The molecule has 0 radical (unpaired) electrons. The number of fused-ring (bicyclic) bond motifs is 1. The maximum Gasteiger partial charge on any atom is 0.335 e. The summed E-state index contributed by atoms with van der Waals surface area (Å²) in [5.74, 6) is -1.05. The summed E-state index contributed by atoms with van der Waals surface area (Å²) in [6.45, 7) is 5.77. The van der Waals surface area contributed by atoms with Crippen molar-refractivity contribution in [3.05, 3.63) is 92.4 Å². The van der Waals surface area contributed by atoms with Crippen LogP contribution in [0.2, 0.25) is 0 Å². The predicted molar refractivity (Wildman–Crippen MR) is 137 cm³/mol. The molecule has 1 aliphatic carbocycles. The van der Waals surface area contributed by atoms with E-state index in [4.69, 9.17) is 0 Å². The van der Waals surface area contributed by atoms with Gasteiger partial charge < -0.3 is 10.2 Å². The molecule has 8 heteroatoms. The van der Waals surface area contributed by atoms with Gasteiger partial charge in [-0.15, -0.1) is 10.2 Å². The van der Waals surface area contributed by atoms with E-state index >= 15 is 0 Å². The molecular weight excluding hydrogens is 456 g/mol. The highest BCUT2D eigenvalue weighted by Gasteiger charge is 2.23. The molecule has 0 saturated carbocycles.